The van der Waals surface area contributed by atoms with Crippen molar-refractivity contribution in [1.29, 1.82) is 0 Å². The van der Waals surface area contributed by atoms with Gasteiger partial charge in [0, 0.05) is 10.8 Å². The number of ether oxygens (including phenoxy) is 2. The molecule has 7 nitrogen and oxygen atoms in total. The van der Waals surface area contributed by atoms with Crippen molar-refractivity contribution in [2.75, 3.05) is 20.3 Å². The molecule has 0 saturated heterocycles. The maximum Gasteiger partial charge on any atom is 0.306 e. The van der Waals surface area contributed by atoms with Gasteiger partial charge < -0.3 is 14.6 Å². The molecule has 0 aliphatic heterocycles. The van der Waals surface area contributed by atoms with Crippen LogP contribution in [0.3, 0.4) is 0 Å². The monoisotopic (exact) mass is 385 g/mol. The minimum atomic E-state index is -0.643. The van der Waals surface area contributed by atoms with Crippen LogP contribution in [0.4, 0.5) is 0 Å². The third-order valence-electron chi connectivity index (χ3n) is 4.40. The van der Waals surface area contributed by atoms with Gasteiger partial charge in [-0.3, -0.25) is 14.9 Å². The number of phenolic OH excluding ortho intramolecular Hbond substituents is 1. The van der Waals surface area contributed by atoms with Gasteiger partial charge in [0.15, 0.2) is 0 Å². The first-order valence-corrected chi connectivity index (χ1v) is 8.75. The summed E-state index contributed by atoms with van der Waals surface area (Å²) in [5.74, 6) is -1.08. The summed E-state index contributed by atoms with van der Waals surface area (Å²) < 4.78 is 10.4. The van der Waals surface area contributed by atoms with Crippen LogP contribution >= 0.6 is 0 Å². The summed E-state index contributed by atoms with van der Waals surface area (Å²) in [6.07, 6.45) is 1.57. The van der Waals surface area contributed by atoms with Crippen molar-refractivity contribution in [2.45, 2.75) is 18.3 Å². The zero-order chi connectivity index (χ0) is 20.5. The standard InChI is InChI=1S/C21H23NO6/c1-3-10-28-18-9-5-7-16(12-18)19(13-21(24)27-2)20(14-22(25)26)15-6-4-8-17(23)11-15/h3-9,11-12,19-20,23H,1,10,13-14H2,2H3. The minimum absolute atomic E-state index is 0.00531. The van der Waals surface area contributed by atoms with Crippen molar-refractivity contribution in [2.24, 2.45) is 0 Å². The number of esters is 1. The third kappa shape index (κ3) is 5.84. The third-order valence-corrected chi connectivity index (χ3v) is 4.40. The van der Waals surface area contributed by atoms with E-state index in [1.807, 2.05) is 0 Å². The van der Waals surface area contributed by atoms with Crippen LogP contribution in [0.5, 0.6) is 11.5 Å². The Bertz CT molecular complexity index is 835. The summed E-state index contributed by atoms with van der Waals surface area (Å²) in [4.78, 5) is 23.0. The average molecular weight is 385 g/mol. The summed E-state index contributed by atoms with van der Waals surface area (Å²) in [6.45, 7) is 3.52. The number of phenols is 1. The highest BCUT2D eigenvalue weighted by atomic mass is 16.6. The van der Waals surface area contributed by atoms with E-state index in [0.717, 1.165) is 0 Å². The molecule has 2 rings (SSSR count). The molecule has 0 amide bonds. The molecular weight excluding hydrogens is 362 g/mol. The van der Waals surface area contributed by atoms with Crippen molar-refractivity contribution in [1.82, 2.24) is 0 Å². The fourth-order valence-corrected chi connectivity index (χ4v) is 3.13. The lowest BCUT2D eigenvalue weighted by molar-refractivity contribution is -0.484. The van der Waals surface area contributed by atoms with Crippen molar-refractivity contribution < 1.29 is 24.3 Å². The number of nitro groups is 1. The van der Waals surface area contributed by atoms with Gasteiger partial charge in [-0.25, -0.2) is 0 Å². The predicted molar refractivity (Wildman–Crippen MR) is 104 cm³/mol. The van der Waals surface area contributed by atoms with Crippen molar-refractivity contribution in [3.8, 4) is 11.5 Å². The zero-order valence-electron chi connectivity index (χ0n) is 15.6. The van der Waals surface area contributed by atoms with Gasteiger partial charge in [0.1, 0.15) is 18.1 Å². The summed E-state index contributed by atoms with van der Waals surface area (Å²) in [6, 6.07) is 13.4. The van der Waals surface area contributed by atoms with Crippen molar-refractivity contribution in [3.63, 3.8) is 0 Å². The molecule has 7 heteroatoms. The quantitative estimate of drug-likeness (QED) is 0.290. The second kappa shape index (κ2) is 10.1. The van der Waals surface area contributed by atoms with Gasteiger partial charge in [-0.15, -0.1) is 0 Å². The molecule has 2 aromatic rings. The van der Waals surface area contributed by atoms with Crippen LogP contribution < -0.4 is 4.74 Å². The van der Waals surface area contributed by atoms with Crippen LogP contribution in [-0.4, -0.2) is 36.3 Å². The van der Waals surface area contributed by atoms with Crippen LogP contribution in [0.1, 0.15) is 29.4 Å². The molecule has 0 saturated carbocycles. The van der Waals surface area contributed by atoms with Crippen molar-refractivity contribution in [3.05, 3.63) is 82.4 Å². The van der Waals surface area contributed by atoms with Gasteiger partial charge in [0.25, 0.3) is 0 Å². The molecule has 2 atom stereocenters. The Kier molecular flexibility index (Phi) is 7.56. The molecule has 2 unspecified atom stereocenters. The Labute approximate surface area is 163 Å². The number of hydrogen-bond donors (Lipinski definition) is 1. The van der Waals surface area contributed by atoms with E-state index >= 15 is 0 Å². The SMILES string of the molecule is C=CCOc1cccc(C(CC(=O)OC)C(C[N+](=O)[O-])c2cccc(O)c2)c1. The molecule has 0 aliphatic carbocycles. The van der Waals surface area contributed by atoms with E-state index in [2.05, 4.69) is 6.58 Å². The topological polar surface area (TPSA) is 98.9 Å². The van der Waals surface area contributed by atoms with E-state index in [0.29, 0.717) is 23.5 Å². The number of aromatic hydroxyl groups is 1. The lowest BCUT2D eigenvalue weighted by Gasteiger charge is -2.25. The second-order valence-electron chi connectivity index (χ2n) is 6.28. The van der Waals surface area contributed by atoms with E-state index in [1.165, 1.54) is 19.2 Å². The molecule has 0 heterocycles. The first-order chi connectivity index (χ1) is 13.4. The van der Waals surface area contributed by atoms with Gasteiger partial charge in [0.2, 0.25) is 6.54 Å². The smallest absolute Gasteiger partial charge is 0.306 e. The first-order valence-electron chi connectivity index (χ1n) is 8.75. The lowest BCUT2D eigenvalue weighted by Crippen LogP contribution is -2.23. The largest absolute Gasteiger partial charge is 0.508 e. The molecular formula is C21H23NO6. The highest BCUT2D eigenvalue weighted by Crippen LogP contribution is 2.38. The fourth-order valence-electron chi connectivity index (χ4n) is 3.13. The van der Waals surface area contributed by atoms with Crippen LogP contribution in [0, 0.1) is 10.1 Å². The zero-order valence-corrected chi connectivity index (χ0v) is 15.6. The number of hydrogen-bond acceptors (Lipinski definition) is 6. The fraction of sp³-hybridized carbons (Fsp3) is 0.286. The summed E-state index contributed by atoms with van der Waals surface area (Å²) in [7, 11) is 1.28. The summed E-state index contributed by atoms with van der Waals surface area (Å²) in [5, 5.41) is 21.2. The maximum atomic E-state index is 12.1. The number of nitrogens with zero attached hydrogens (tertiary/aromatic N) is 1. The Morgan fingerprint density at radius 2 is 1.89 bits per heavy atom. The number of carbonyl (C=O) groups is 1. The van der Waals surface area contributed by atoms with Crippen LogP contribution in [0.2, 0.25) is 0 Å². The Hall–Kier alpha value is -3.35. The van der Waals surface area contributed by atoms with Crippen LogP contribution in [0.25, 0.3) is 0 Å². The highest BCUT2D eigenvalue weighted by Gasteiger charge is 2.32. The Morgan fingerprint density at radius 3 is 2.50 bits per heavy atom. The molecule has 0 bridgehead atoms. The molecule has 0 aromatic heterocycles. The highest BCUT2D eigenvalue weighted by molar-refractivity contribution is 5.70. The van der Waals surface area contributed by atoms with Crippen LogP contribution in [0.15, 0.2) is 61.2 Å². The summed E-state index contributed by atoms with van der Waals surface area (Å²) >= 11 is 0. The van der Waals surface area contributed by atoms with E-state index in [4.69, 9.17) is 9.47 Å². The van der Waals surface area contributed by atoms with E-state index in [1.54, 1.807) is 42.5 Å². The number of benzene rings is 2. The van der Waals surface area contributed by atoms with Gasteiger partial charge in [0.05, 0.1) is 19.4 Å². The molecule has 1 N–H and O–H groups in total. The summed E-state index contributed by atoms with van der Waals surface area (Å²) in [5.41, 5.74) is 1.28. The molecule has 0 aliphatic rings. The normalized spacial score (nSPS) is 12.6. The Balaban J connectivity index is 2.50. The molecule has 0 radical (unpaired) electrons. The molecule has 0 spiro atoms. The second-order valence-corrected chi connectivity index (χ2v) is 6.28. The number of carbonyl (C=O) groups excluding carboxylic acids is 1. The van der Waals surface area contributed by atoms with Gasteiger partial charge in [-0.1, -0.05) is 36.9 Å². The van der Waals surface area contributed by atoms with Crippen LogP contribution in [-0.2, 0) is 9.53 Å². The van der Waals surface area contributed by atoms with Crippen molar-refractivity contribution >= 4 is 5.97 Å². The van der Waals surface area contributed by atoms with E-state index in [-0.39, 0.29) is 12.2 Å². The average Bonchev–Trinajstić information content (AvgIpc) is 2.68. The maximum absolute atomic E-state index is 12.1. The Morgan fingerprint density at radius 1 is 1.21 bits per heavy atom. The molecule has 2 aromatic carbocycles. The molecule has 0 fully saturated rings. The van der Waals surface area contributed by atoms with E-state index < -0.39 is 29.3 Å². The molecule has 148 valence electrons. The first kappa shape index (κ1) is 21.0. The minimum Gasteiger partial charge on any atom is -0.508 e. The molecule has 28 heavy (non-hydrogen) atoms. The van der Waals surface area contributed by atoms with Gasteiger partial charge >= 0.3 is 5.97 Å². The van der Waals surface area contributed by atoms with Gasteiger partial charge in [-0.05, 0) is 35.4 Å². The number of methoxy groups -OCH3 is 1. The lowest BCUT2D eigenvalue weighted by atomic mass is 9.79. The predicted octanol–water partition coefficient (Wildman–Crippen LogP) is 3.66. The van der Waals surface area contributed by atoms with E-state index in [9.17, 15) is 20.0 Å². The van der Waals surface area contributed by atoms with Gasteiger partial charge in [-0.2, -0.15) is 0 Å². The number of rotatable bonds is 10.